The van der Waals surface area contributed by atoms with E-state index >= 15 is 0 Å². The summed E-state index contributed by atoms with van der Waals surface area (Å²) in [7, 11) is 0. The molecule has 33 heavy (non-hydrogen) atoms. The molecule has 3 aromatic rings. The molecule has 1 N–H and O–H groups in total. The molecule has 3 aromatic carbocycles. The van der Waals surface area contributed by atoms with Crippen LogP contribution in [0.5, 0.6) is 0 Å². The van der Waals surface area contributed by atoms with Gasteiger partial charge in [0.1, 0.15) is 18.8 Å². The highest BCUT2D eigenvalue weighted by molar-refractivity contribution is 14.1. The Morgan fingerprint density at radius 2 is 1.21 bits per heavy atom. The largest absolute Gasteiger partial charge is 0.371 e. The van der Waals surface area contributed by atoms with Gasteiger partial charge in [0, 0.05) is 4.43 Å². The molecule has 6 heteroatoms. The fourth-order valence-corrected chi connectivity index (χ4v) is 4.60. The first-order valence-electron chi connectivity index (χ1n) is 11.1. The Labute approximate surface area is 208 Å². The molecule has 0 spiro atoms. The molecule has 1 fully saturated rings. The maximum Gasteiger partial charge on any atom is 0.219 e. The molecule has 0 radical (unpaired) electrons. The molecule has 0 amide bonds. The zero-order chi connectivity index (χ0) is 22.9. The van der Waals surface area contributed by atoms with Crippen molar-refractivity contribution in [1.29, 1.82) is 0 Å². The van der Waals surface area contributed by atoms with E-state index in [1.54, 1.807) is 0 Å². The minimum atomic E-state index is -1.61. The van der Waals surface area contributed by atoms with Crippen molar-refractivity contribution in [2.75, 3.05) is 11.0 Å². The molecule has 0 saturated carbocycles. The van der Waals surface area contributed by atoms with E-state index in [9.17, 15) is 5.11 Å². The molecule has 0 bridgehead atoms. The molecule has 4 rings (SSSR count). The van der Waals surface area contributed by atoms with Gasteiger partial charge in [0.2, 0.25) is 5.79 Å². The number of alkyl halides is 1. The molecule has 5 nitrogen and oxygen atoms in total. The lowest BCUT2D eigenvalue weighted by atomic mass is 10.1. The van der Waals surface area contributed by atoms with Gasteiger partial charge in [-0.25, -0.2) is 0 Å². The van der Waals surface area contributed by atoms with Crippen LogP contribution in [0.15, 0.2) is 91.0 Å². The Balaban J connectivity index is 1.48. The van der Waals surface area contributed by atoms with E-state index in [-0.39, 0.29) is 12.7 Å². The van der Waals surface area contributed by atoms with Crippen LogP contribution in [-0.4, -0.2) is 40.2 Å². The third kappa shape index (κ3) is 6.62. The summed E-state index contributed by atoms with van der Waals surface area (Å²) >= 11 is 2.26. The van der Waals surface area contributed by atoms with Gasteiger partial charge < -0.3 is 24.1 Å². The zero-order valence-corrected chi connectivity index (χ0v) is 20.5. The van der Waals surface area contributed by atoms with Crippen molar-refractivity contribution in [3.8, 4) is 0 Å². The number of hydrogen-bond acceptors (Lipinski definition) is 5. The third-order valence-electron chi connectivity index (χ3n) is 5.60. The number of ether oxygens (including phenoxy) is 4. The smallest absolute Gasteiger partial charge is 0.219 e. The maximum absolute atomic E-state index is 11.5. The van der Waals surface area contributed by atoms with E-state index in [2.05, 4.69) is 22.6 Å². The first kappa shape index (κ1) is 24.3. The highest BCUT2D eigenvalue weighted by Gasteiger charge is 2.56. The van der Waals surface area contributed by atoms with Crippen molar-refractivity contribution in [3.63, 3.8) is 0 Å². The van der Waals surface area contributed by atoms with Crippen molar-refractivity contribution in [1.82, 2.24) is 0 Å². The van der Waals surface area contributed by atoms with Gasteiger partial charge in [0.15, 0.2) is 0 Å². The summed E-state index contributed by atoms with van der Waals surface area (Å²) in [6.45, 7) is 1.12. The summed E-state index contributed by atoms with van der Waals surface area (Å²) in [4.78, 5) is 0. The van der Waals surface area contributed by atoms with E-state index in [1.807, 2.05) is 91.0 Å². The number of benzene rings is 3. The van der Waals surface area contributed by atoms with E-state index in [4.69, 9.17) is 18.9 Å². The van der Waals surface area contributed by atoms with Crippen LogP contribution in [-0.2, 0) is 38.8 Å². The molecule has 0 aromatic heterocycles. The maximum atomic E-state index is 11.5. The van der Waals surface area contributed by atoms with Gasteiger partial charge in [-0.05, 0) is 16.7 Å². The van der Waals surface area contributed by atoms with E-state index in [0.717, 1.165) is 16.7 Å². The lowest BCUT2D eigenvalue weighted by Crippen LogP contribution is -2.49. The van der Waals surface area contributed by atoms with Crippen molar-refractivity contribution in [3.05, 3.63) is 108 Å². The molecule has 1 aliphatic heterocycles. The Bertz CT molecular complexity index is 956. The SMILES string of the molecule is OC1(COCc2ccccc2)O[C@H](CI)[C@@H](OCc2ccccc2)[C@@H]1OCc1ccccc1. The van der Waals surface area contributed by atoms with Gasteiger partial charge in [-0.2, -0.15) is 0 Å². The fraction of sp³-hybridized carbons (Fsp3) is 0.333. The summed E-state index contributed by atoms with van der Waals surface area (Å²) in [5.74, 6) is -1.61. The van der Waals surface area contributed by atoms with Crippen molar-refractivity contribution < 1.29 is 24.1 Å². The lowest BCUT2D eigenvalue weighted by molar-refractivity contribution is -0.263. The van der Waals surface area contributed by atoms with Crippen LogP contribution in [0, 0.1) is 0 Å². The third-order valence-corrected chi connectivity index (χ3v) is 6.46. The molecule has 0 aliphatic carbocycles. The minimum absolute atomic E-state index is 0.0142. The van der Waals surface area contributed by atoms with Crippen LogP contribution in [0.2, 0.25) is 0 Å². The predicted molar refractivity (Wildman–Crippen MR) is 135 cm³/mol. The summed E-state index contributed by atoms with van der Waals surface area (Å²) in [5.41, 5.74) is 3.11. The molecule has 1 aliphatic rings. The number of rotatable bonds is 11. The Morgan fingerprint density at radius 3 is 1.73 bits per heavy atom. The average molecular weight is 560 g/mol. The Morgan fingerprint density at radius 1 is 0.727 bits per heavy atom. The van der Waals surface area contributed by atoms with Crippen molar-refractivity contribution in [2.45, 2.75) is 43.9 Å². The van der Waals surface area contributed by atoms with Crippen LogP contribution < -0.4 is 0 Å². The Hall–Kier alpha value is -1.81. The molecule has 1 heterocycles. The van der Waals surface area contributed by atoms with Gasteiger partial charge in [-0.3, -0.25) is 0 Å². The molecule has 174 valence electrons. The summed E-state index contributed by atoms with van der Waals surface area (Å²) in [5, 5.41) is 11.5. The van der Waals surface area contributed by atoms with Gasteiger partial charge >= 0.3 is 0 Å². The average Bonchev–Trinajstić information content (AvgIpc) is 3.14. The highest BCUT2D eigenvalue weighted by Crippen LogP contribution is 2.36. The predicted octanol–water partition coefficient (Wildman–Crippen LogP) is 4.90. The van der Waals surface area contributed by atoms with Gasteiger partial charge in [0.25, 0.3) is 0 Å². The van der Waals surface area contributed by atoms with Crippen LogP contribution in [0.1, 0.15) is 16.7 Å². The van der Waals surface area contributed by atoms with Gasteiger partial charge in [-0.15, -0.1) is 0 Å². The van der Waals surface area contributed by atoms with Crippen LogP contribution in [0.3, 0.4) is 0 Å². The molecular formula is C27H29IO5. The van der Waals surface area contributed by atoms with Crippen molar-refractivity contribution in [2.24, 2.45) is 0 Å². The second-order valence-electron chi connectivity index (χ2n) is 8.11. The highest BCUT2D eigenvalue weighted by atomic mass is 127. The molecule has 4 atom stereocenters. The lowest BCUT2D eigenvalue weighted by Gasteiger charge is -2.30. The first-order valence-corrected chi connectivity index (χ1v) is 12.6. The van der Waals surface area contributed by atoms with E-state index in [0.29, 0.717) is 24.2 Å². The van der Waals surface area contributed by atoms with Gasteiger partial charge in [-0.1, -0.05) is 114 Å². The van der Waals surface area contributed by atoms with Crippen LogP contribution in [0.4, 0.5) is 0 Å². The first-order chi connectivity index (χ1) is 16.2. The number of hydrogen-bond donors (Lipinski definition) is 1. The van der Waals surface area contributed by atoms with Crippen molar-refractivity contribution >= 4 is 22.6 Å². The number of aliphatic hydroxyl groups is 1. The van der Waals surface area contributed by atoms with Gasteiger partial charge in [0.05, 0.1) is 25.9 Å². The molecule has 1 unspecified atom stereocenters. The van der Waals surface area contributed by atoms with E-state index in [1.165, 1.54) is 0 Å². The monoisotopic (exact) mass is 560 g/mol. The fourth-order valence-electron chi connectivity index (χ4n) is 3.92. The normalized spacial score (nSPS) is 24.7. The molecular weight excluding hydrogens is 531 g/mol. The zero-order valence-electron chi connectivity index (χ0n) is 18.4. The quantitative estimate of drug-likeness (QED) is 0.267. The Kier molecular flexibility index (Phi) is 8.89. The minimum Gasteiger partial charge on any atom is -0.371 e. The standard InChI is InChI=1S/C27H29IO5/c28-16-24-25(31-18-22-12-6-2-7-13-22)26(32-19-23-14-8-3-9-15-23)27(29,33-24)20-30-17-21-10-4-1-5-11-21/h1-15,24-26,29H,16-20H2/t24-,25-,26+,27?/m1/s1. The summed E-state index contributed by atoms with van der Waals surface area (Å²) in [6.07, 6.45) is -1.45. The van der Waals surface area contributed by atoms with E-state index < -0.39 is 18.0 Å². The van der Waals surface area contributed by atoms with Crippen LogP contribution >= 0.6 is 22.6 Å². The number of halogens is 1. The summed E-state index contributed by atoms with van der Waals surface area (Å²) in [6, 6.07) is 29.7. The second kappa shape index (κ2) is 12.1. The molecule has 1 saturated heterocycles. The topological polar surface area (TPSA) is 57.2 Å². The second-order valence-corrected chi connectivity index (χ2v) is 8.99. The van der Waals surface area contributed by atoms with Crippen LogP contribution in [0.25, 0.3) is 0 Å². The summed E-state index contributed by atoms with van der Waals surface area (Å²) < 4.78 is 25.2.